The number of hydrogen-bond acceptors (Lipinski definition) is 13. The van der Waals surface area contributed by atoms with Crippen molar-refractivity contribution in [3.63, 3.8) is 0 Å². The molecule has 5 unspecified atom stereocenters. The third-order valence-electron chi connectivity index (χ3n) is 11.3. The number of rotatable bonds is 53. The molecule has 0 aliphatic carbocycles. The third kappa shape index (κ3) is 54.0. The Morgan fingerprint density at radius 2 is 0.622 bits per heavy atom. The number of carbonyl (C=O) groups is 2. The van der Waals surface area contributed by atoms with Gasteiger partial charge >= 0.3 is 27.6 Å². The number of allylic oxidation sites excluding steroid dienone is 14. The molecule has 0 amide bonds. The number of phosphoric acid groups is 2. The van der Waals surface area contributed by atoms with Gasteiger partial charge in [0.2, 0.25) is 0 Å². The van der Waals surface area contributed by atoms with Gasteiger partial charge in [0.1, 0.15) is 31.5 Å². The first-order valence-corrected chi connectivity index (χ1v) is 30.9. The summed E-state index contributed by atoms with van der Waals surface area (Å²) in [6.45, 7) is 0.273. The molecule has 5 N–H and O–H groups in total. The molecule has 0 radical (unpaired) electrons. The molecule has 0 aliphatic heterocycles. The fourth-order valence-corrected chi connectivity index (χ4v) is 8.63. The van der Waals surface area contributed by atoms with E-state index >= 15 is 0 Å². The molecule has 0 bridgehead atoms. The van der Waals surface area contributed by atoms with E-state index in [-0.39, 0.29) is 12.8 Å². The van der Waals surface area contributed by atoms with E-state index in [1.165, 1.54) is 70.6 Å². The summed E-state index contributed by atoms with van der Waals surface area (Å²) >= 11 is 0. The minimum atomic E-state index is -4.80. The highest BCUT2D eigenvalue weighted by molar-refractivity contribution is 7.47. The predicted octanol–water partition coefficient (Wildman–Crippen LogP) is 14.1. The number of aliphatic hydroxyl groups excluding tert-OH is 3. The van der Waals surface area contributed by atoms with Crippen molar-refractivity contribution in [1.82, 2.24) is 0 Å². The van der Waals surface area contributed by atoms with Crippen LogP contribution in [0, 0.1) is 0 Å². The van der Waals surface area contributed by atoms with Crippen molar-refractivity contribution < 1.29 is 71.4 Å². The van der Waals surface area contributed by atoms with Gasteiger partial charge in [-0.2, -0.15) is 0 Å². The summed E-state index contributed by atoms with van der Waals surface area (Å²) in [6, 6.07) is 0. The first-order valence-electron chi connectivity index (χ1n) is 27.9. The lowest BCUT2D eigenvalue weighted by Crippen LogP contribution is -2.25. The standard InChI is InChI=1S/C57H100O15P2/c1-3-5-7-9-11-13-15-17-19-21-23-25-27-29-31-33-35-37-39-41-43-45-56(61)67-47-53(58)49-69-73(63,64)71-51-55(60)52-72-74(65,66)70-50-54(59)48-68-57(62)46-44-42-40-38-36-34-32-30-28-26-24-22-20-18-16-14-12-10-8-6-4-2/h5,7,11-14,17-20,23,25,29,31,53-55,58-60H,3-4,6,8-10,15-16,21-22,24,26-28,30,32-52H2,1-2H3,(H,63,64)(H,65,66)/b7-5-,13-11-,14-12-,19-17-,20-18-,25-23-,31-29-. The Morgan fingerprint density at radius 1 is 0.365 bits per heavy atom. The monoisotopic (exact) mass is 1090 g/mol. The van der Waals surface area contributed by atoms with E-state index < -0.39 is 85.5 Å². The van der Waals surface area contributed by atoms with E-state index in [2.05, 4.69) is 108 Å². The van der Waals surface area contributed by atoms with Crippen LogP contribution in [0.4, 0.5) is 0 Å². The van der Waals surface area contributed by atoms with Crippen molar-refractivity contribution in [2.75, 3.05) is 39.6 Å². The average Bonchev–Trinajstić information content (AvgIpc) is 3.38. The quantitative estimate of drug-likeness (QED) is 0.0165. The van der Waals surface area contributed by atoms with Crippen LogP contribution in [0.3, 0.4) is 0 Å². The van der Waals surface area contributed by atoms with E-state index in [1.807, 2.05) is 0 Å². The summed E-state index contributed by atoms with van der Waals surface area (Å²) < 4.78 is 53.2. The second kappa shape index (κ2) is 52.3. The van der Waals surface area contributed by atoms with Gasteiger partial charge < -0.3 is 34.6 Å². The zero-order chi connectivity index (χ0) is 54.5. The Kier molecular flexibility index (Phi) is 50.3. The van der Waals surface area contributed by atoms with Crippen molar-refractivity contribution >= 4 is 27.6 Å². The van der Waals surface area contributed by atoms with Gasteiger partial charge in [-0.15, -0.1) is 0 Å². The van der Waals surface area contributed by atoms with Crippen LogP contribution in [-0.4, -0.2) is 95.0 Å². The summed E-state index contributed by atoms with van der Waals surface area (Å²) in [6.07, 6.45) is 57.0. The lowest BCUT2D eigenvalue weighted by atomic mass is 10.0. The highest BCUT2D eigenvalue weighted by Crippen LogP contribution is 2.45. The molecule has 0 fully saturated rings. The normalized spacial score (nSPS) is 15.4. The molecular weight excluding hydrogens is 987 g/mol. The predicted molar refractivity (Wildman–Crippen MR) is 297 cm³/mol. The smallest absolute Gasteiger partial charge is 0.463 e. The van der Waals surface area contributed by atoms with Crippen LogP contribution in [0.15, 0.2) is 85.1 Å². The van der Waals surface area contributed by atoms with Gasteiger partial charge in [0.05, 0.1) is 26.4 Å². The molecule has 0 aromatic rings. The summed E-state index contributed by atoms with van der Waals surface area (Å²) in [4.78, 5) is 44.0. The number of unbranched alkanes of at least 4 members (excludes halogenated alkanes) is 19. The molecule has 0 spiro atoms. The van der Waals surface area contributed by atoms with E-state index in [1.54, 1.807) is 0 Å². The Bertz CT molecular complexity index is 1640. The van der Waals surface area contributed by atoms with Crippen molar-refractivity contribution in [3.05, 3.63) is 85.1 Å². The summed E-state index contributed by atoms with van der Waals surface area (Å²) in [5.41, 5.74) is 0. The van der Waals surface area contributed by atoms with Gasteiger partial charge in [0.25, 0.3) is 0 Å². The van der Waals surface area contributed by atoms with Crippen LogP contribution < -0.4 is 0 Å². The number of carbonyl (C=O) groups excluding carboxylic acids is 2. The summed E-state index contributed by atoms with van der Waals surface area (Å²) in [5.74, 6) is -1.02. The maximum absolute atomic E-state index is 12.2. The molecule has 0 rings (SSSR count). The summed E-state index contributed by atoms with van der Waals surface area (Å²) in [7, 11) is -9.60. The SMILES string of the molecule is CC/C=C\C/C=C\C/C=C\C/C=C\C/C=C\CCCCCCCC(=O)OCC(O)COP(=O)(O)OCC(O)COP(=O)(O)OCC(O)COC(=O)CCCCCCCCCCCCC/C=C\C/C=C\CCCCC. The fourth-order valence-electron chi connectivity index (χ4n) is 7.03. The largest absolute Gasteiger partial charge is 0.472 e. The second-order valence-electron chi connectivity index (χ2n) is 18.6. The molecule has 0 saturated carbocycles. The Hall–Kier alpha value is -2.78. The second-order valence-corrected chi connectivity index (χ2v) is 21.5. The average molecular weight is 1090 g/mol. The third-order valence-corrected chi connectivity index (χ3v) is 13.2. The number of ether oxygens (including phenoxy) is 2. The van der Waals surface area contributed by atoms with Crippen molar-refractivity contribution in [2.24, 2.45) is 0 Å². The number of hydrogen-bond donors (Lipinski definition) is 5. The van der Waals surface area contributed by atoms with Crippen LogP contribution in [0.25, 0.3) is 0 Å². The first kappa shape index (κ1) is 71.2. The van der Waals surface area contributed by atoms with Gasteiger partial charge in [-0.05, 0) is 89.9 Å². The summed E-state index contributed by atoms with van der Waals surface area (Å²) in [5, 5.41) is 30.1. The Labute approximate surface area is 446 Å². The van der Waals surface area contributed by atoms with Crippen molar-refractivity contribution in [1.29, 1.82) is 0 Å². The Balaban J connectivity index is 3.86. The van der Waals surface area contributed by atoms with Gasteiger partial charge in [-0.3, -0.25) is 27.7 Å². The van der Waals surface area contributed by atoms with Gasteiger partial charge in [-0.1, -0.05) is 189 Å². The van der Waals surface area contributed by atoms with E-state index in [0.717, 1.165) is 96.3 Å². The van der Waals surface area contributed by atoms with E-state index in [0.29, 0.717) is 12.8 Å². The zero-order valence-electron chi connectivity index (χ0n) is 45.5. The molecule has 0 aliphatic rings. The van der Waals surface area contributed by atoms with Crippen LogP contribution >= 0.6 is 15.6 Å². The topological polar surface area (TPSA) is 225 Å². The highest BCUT2D eigenvalue weighted by atomic mass is 31.2. The molecule has 5 atom stereocenters. The molecule has 74 heavy (non-hydrogen) atoms. The fraction of sp³-hybridized carbons (Fsp3) is 0.719. The maximum Gasteiger partial charge on any atom is 0.472 e. The van der Waals surface area contributed by atoms with Crippen LogP contribution in [0.2, 0.25) is 0 Å². The minimum Gasteiger partial charge on any atom is -0.463 e. The van der Waals surface area contributed by atoms with Crippen LogP contribution in [-0.2, 0) is 46.3 Å². The molecule has 0 aromatic carbocycles. The van der Waals surface area contributed by atoms with Crippen LogP contribution in [0.1, 0.15) is 206 Å². The van der Waals surface area contributed by atoms with Gasteiger partial charge in [0.15, 0.2) is 0 Å². The number of phosphoric ester groups is 2. The van der Waals surface area contributed by atoms with Crippen LogP contribution in [0.5, 0.6) is 0 Å². The van der Waals surface area contributed by atoms with E-state index in [4.69, 9.17) is 18.5 Å². The maximum atomic E-state index is 12.2. The zero-order valence-corrected chi connectivity index (χ0v) is 47.3. The molecule has 0 heterocycles. The molecular formula is C57H100O15P2. The number of esters is 2. The highest BCUT2D eigenvalue weighted by Gasteiger charge is 2.28. The first-order chi connectivity index (χ1) is 35.8. The lowest BCUT2D eigenvalue weighted by molar-refractivity contribution is -0.148. The molecule has 0 saturated heterocycles. The van der Waals surface area contributed by atoms with Gasteiger partial charge in [-0.25, -0.2) is 9.13 Å². The lowest BCUT2D eigenvalue weighted by Gasteiger charge is -2.19. The Morgan fingerprint density at radius 3 is 0.932 bits per heavy atom. The minimum absolute atomic E-state index is 0.171. The van der Waals surface area contributed by atoms with E-state index in [9.17, 15) is 43.8 Å². The van der Waals surface area contributed by atoms with Crippen molar-refractivity contribution in [2.45, 2.75) is 225 Å². The molecule has 17 heteroatoms. The molecule has 428 valence electrons. The number of aliphatic hydroxyl groups is 3. The van der Waals surface area contributed by atoms with Gasteiger partial charge in [0, 0.05) is 12.8 Å². The van der Waals surface area contributed by atoms with Crippen molar-refractivity contribution in [3.8, 4) is 0 Å². The molecule has 15 nitrogen and oxygen atoms in total. The molecule has 0 aromatic heterocycles.